The predicted molar refractivity (Wildman–Crippen MR) is 45.9 cm³/mol. The van der Waals surface area contributed by atoms with Gasteiger partial charge in [0.05, 0.1) is 5.69 Å². The second-order valence-electron chi connectivity index (χ2n) is 1.93. The molecule has 0 unspecified atom stereocenters. The van der Waals surface area contributed by atoms with E-state index in [1.807, 2.05) is 6.07 Å². The highest BCUT2D eigenvalue weighted by atomic mass is 14.9. The van der Waals surface area contributed by atoms with Crippen molar-refractivity contribution in [2.75, 3.05) is 5.32 Å². The van der Waals surface area contributed by atoms with Gasteiger partial charge in [0, 0.05) is 12.4 Å². The van der Waals surface area contributed by atoms with Crippen LogP contribution in [0.25, 0.3) is 0 Å². The minimum atomic E-state index is 0.618. The molecule has 3 heteroatoms. The quantitative estimate of drug-likeness (QED) is 0.638. The zero-order chi connectivity index (χ0) is 8.10. The van der Waals surface area contributed by atoms with Crippen molar-refractivity contribution in [3.05, 3.63) is 36.8 Å². The summed E-state index contributed by atoms with van der Waals surface area (Å²) in [6.45, 7) is 3.52. The van der Waals surface area contributed by atoms with E-state index in [2.05, 4.69) is 16.9 Å². The number of hydrogen-bond donors (Lipinski definition) is 2. The van der Waals surface area contributed by atoms with E-state index in [4.69, 9.17) is 5.41 Å². The molecule has 0 atom stereocenters. The number of pyridine rings is 1. The summed E-state index contributed by atoms with van der Waals surface area (Å²) in [4.78, 5) is 3.96. The van der Waals surface area contributed by atoms with E-state index in [1.54, 1.807) is 18.5 Å². The van der Waals surface area contributed by atoms with Crippen LogP contribution in [0, 0.1) is 5.41 Å². The van der Waals surface area contributed by atoms with E-state index in [-0.39, 0.29) is 0 Å². The van der Waals surface area contributed by atoms with Crippen LogP contribution < -0.4 is 5.32 Å². The van der Waals surface area contributed by atoms with Crippen molar-refractivity contribution in [2.45, 2.75) is 0 Å². The Labute approximate surface area is 65.3 Å². The Morgan fingerprint density at radius 1 is 1.64 bits per heavy atom. The van der Waals surface area contributed by atoms with Crippen LogP contribution in [0.5, 0.6) is 0 Å². The Balaban J connectivity index is 3.01. The Morgan fingerprint density at radius 2 is 2.45 bits per heavy atom. The predicted octanol–water partition coefficient (Wildman–Crippen LogP) is 1.63. The first-order valence-corrected chi connectivity index (χ1v) is 3.21. The lowest BCUT2D eigenvalue weighted by molar-refractivity contribution is 1.29. The molecule has 1 heterocycles. The summed E-state index contributed by atoms with van der Waals surface area (Å²) in [5.74, 6) is 0. The highest BCUT2D eigenvalue weighted by Gasteiger charge is 1.95. The molecular formula is C8H9N3. The fraction of sp³-hybridized carbons (Fsp3) is 0. The van der Waals surface area contributed by atoms with Gasteiger partial charge >= 0.3 is 0 Å². The molecule has 0 saturated carbocycles. The van der Waals surface area contributed by atoms with E-state index in [1.165, 1.54) is 6.21 Å². The number of aromatic nitrogens is 1. The molecule has 0 saturated heterocycles. The Kier molecular flexibility index (Phi) is 2.38. The average Bonchev–Trinajstić information content (AvgIpc) is 2.06. The smallest absolute Gasteiger partial charge is 0.104 e. The molecule has 3 nitrogen and oxygen atoms in total. The second-order valence-corrected chi connectivity index (χ2v) is 1.93. The molecule has 11 heavy (non-hydrogen) atoms. The molecule has 2 N–H and O–H groups in total. The lowest BCUT2D eigenvalue weighted by Gasteiger charge is -2.01. The van der Waals surface area contributed by atoms with Crippen LogP contribution in [0.1, 0.15) is 5.69 Å². The van der Waals surface area contributed by atoms with Gasteiger partial charge in [-0.25, -0.2) is 0 Å². The summed E-state index contributed by atoms with van der Waals surface area (Å²) >= 11 is 0. The van der Waals surface area contributed by atoms with Crippen LogP contribution in [-0.4, -0.2) is 11.2 Å². The number of nitrogens with zero attached hydrogens (tertiary/aromatic N) is 1. The van der Waals surface area contributed by atoms with Crippen molar-refractivity contribution in [3.8, 4) is 0 Å². The minimum absolute atomic E-state index is 0.618. The number of rotatable bonds is 3. The summed E-state index contributed by atoms with van der Waals surface area (Å²) in [5, 5.41) is 9.88. The fourth-order valence-corrected chi connectivity index (χ4v) is 0.765. The first-order valence-electron chi connectivity index (χ1n) is 3.21. The van der Waals surface area contributed by atoms with Gasteiger partial charge in [-0.05, 0) is 18.3 Å². The van der Waals surface area contributed by atoms with Gasteiger partial charge in [-0.1, -0.05) is 6.58 Å². The molecule has 0 spiro atoms. The zero-order valence-corrected chi connectivity index (χ0v) is 6.04. The molecule has 0 aliphatic heterocycles. The molecule has 1 rings (SSSR count). The topological polar surface area (TPSA) is 48.8 Å². The van der Waals surface area contributed by atoms with Crippen molar-refractivity contribution in [1.29, 1.82) is 5.41 Å². The van der Waals surface area contributed by atoms with Crippen molar-refractivity contribution in [2.24, 2.45) is 0 Å². The normalized spacial score (nSPS) is 8.73. The van der Waals surface area contributed by atoms with Gasteiger partial charge in [-0.2, -0.15) is 0 Å². The van der Waals surface area contributed by atoms with Gasteiger partial charge in [0.2, 0.25) is 0 Å². The van der Waals surface area contributed by atoms with Gasteiger partial charge in [-0.3, -0.25) is 4.98 Å². The third-order valence-electron chi connectivity index (χ3n) is 1.23. The van der Waals surface area contributed by atoms with E-state index in [0.29, 0.717) is 5.69 Å². The van der Waals surface area contributed by atoms with Gasteiger partial charge < -0.3 is 10.7 Å². The highest BCUT2D eigenvalue weighted by molar-refractivity contribution is 5.83. The average molecular weight is 147 g/mol. The molecule has 0 aliphatic carbocycles. The summed E-state index contributed by atoms with van der Waals surface area (Å²) < 4.78 is 0. The van der Waals surface area contributed by atoms with Crippen LogP contribution >= 0.6 is 0 Å². The lowest BCUT2D eigenvalue weighted by Crippen LogP contribution is -1.94. The zero-order valence-electron chi connectivity index (χ0n) is 6.04. The van der Waals surface area contributed by atoms with Crippen LogP contribution in [0.15, 0.2) is 31.1 Å². The number of hydrogen-bond acceptors (Lipinski definition) is 3. The van der Waals surface area contributed by atoms with Crippen molar-refractivity contribution < 1.29 is 0 Å². The molecule has 1 aromatic rings. The van der Waals surface area contributed by atoms with Gasteiger partial charge in [-0.15, -0.1) is 0 Å². The van der Waals surface area contributed by atoms with Crippen LogP contribution in [0.3, 0.4) is 0 Å². The standard InChI is InChI=1S/C8H9N3/c1-2-10-7-4-3-5-11-8(7)6-9/h2-6,9-10H,1H2. The molecule has 0 aliphatic rings. The van der Waals surface area contributed by atoms with Gasteiger partial charge in [0.25, 0.3) is 0 Å². The molecule has 1 aromatic heterocycles. The molecule has 0 fully saturated rings. The summed E-state index contributed by atoms with van der Waals surface area (Å²) in [6, 6.07) is 3.65. The summed E-state index contributed by atoms with van der Waals surface area (Å²) in [6.07, 6.45) is 4.41. The number of anilines is 1. The summed E-state index contributed by atoms with van der Waals surface area (Å²) in [5.41, 5.74) is 1.42. The third kappa shape index (κ3) is 1.64. The van der Waals surface area contributed by atoms with E-state index in [9.17, 15) is 0 Å². The highest BCUT2D eigenvalue weighted by Crippen LogP contribution is 2.08. The molecule has 0 amide bonds. The largest absolute Gasteiger partial charge is 0.360 e. The van der Waals surface area contributed by atoms with Gasteiger partial charge in [0.15, 0.2) is 0 Å². The number of nitrogens with one attached hydrogen (secondary N) is 2. The van der Waals surface area contributed by atoms with Crippen LogP contribution in [0.2, 0.25) is 0 Å². The second kappa shape index (κ2) is 3.51. The minimum Gasteiger partial charge on any atom is -0.360 e. The maximum absolute atomic E-state index is 7.00. The molecule has 0 aromatic carbocycles. The first-order chi connectivity index (χ1) is 5.38. The fourth-order valence-electron chi connectivity index (χ4n) is 0.765. The monoisotopic (exact) mass is 147 g/mol. The van der Waals surface area contributed by atoms with E-state index < -0.39 is 0 Å². The Hall–Kier alpha value is -1.64. The van der Waals surface area contributed by atoms with Gasteiger partial charge in [0.1, 0.15) is 5.69 Å². The molecular weight excluding hydrogens is 138 g/mol. The van der Waals surface area contributed by atoms with E-state index in [0.717, 1.165) is 5.69 Å². The van der Waals surface area contributed by atoms with E-state index >= 15 is 0 Å². The molecule has 0 bridgehead atoms. The van der Waals surface area contributed by atoms with Crippen LogP contribution in [-0.2, 0) is 0 Å². The van der Waals surface area contributed by atoms with Crippen molar-refractivity contribution in [3.63, 3.8) is 0 Å². The lowest BCUT2D eigenvalue weighted by atomic mass is 10.3. The summed E-state index contributed by atoms with van der Waals surface area (Å²) in [7, 11) is 0. The third-order valence-corrected chi connectivity index (χ3v) is 1.23. The maximum Gasteiger partial charge on any atom is 0.104 e. The Bertz CT molecular complexity index is 268. The molecule has 0 radical (unpaired) electrons. The SMILES string of the molecule is C=CNc1cccnc1C=N. The van der Waals surface area contributed by atoms with Crippen molar-refractivity contribution in [1.82, 2.24) is 4.98 Å². The molecule has 56 valence electrons. The Morgan fingerprint density at radius 3 is 3.09 bits per heavy atom. The van der Waals surface area contributed by atoms with Crippen molar-refractivity contribution >= 4 is 11.9 Å². The van der Waals surface area contributed by atoms with Crippen LogP contribution in [0.4, 0.5) is 5.69 Å². The maximum atomic E-state index is 7.00. The first kappa shape index (κ1) is 7.47.